The average Bonchev–Trinajstić information content (AvgIpc) is 2.75. The van der Waals surface area contributed by atoms with Crippen molar-refractivity contribution in [2.75, 3.05) is 12.3 Å². The van der Waals surface area contributed by atoms with Gasteiger partial charge in [-0.05, 0) is 44.0 Å². The van der Waals surface area contributed by atoms with E-state index in [0.717, 1.165) is 22.4 Å². The van der Waals surface area contributed by atoms with Crippen LogP contribution < -0.4 is 10.5 Å². The van der Waals surface area contributed by atoms with E-state index in [9.17, 15) is 9.90 Å². The highest BCUT2D eigenvalue weighted by Crippen LogP contribution is 2.33. The van der Waals surface area contributed by atoms with Gasteiger partial charge in [0.05, 0.1) is 18.0 Å². The summed E-state index contributed by atoms with van der Waals surface area (Å²) in [5.41, 5.74) is 9.29. The molecule has 0 aliphatic rings. The molecule has 1 aromatic heterocycles. The summed E-state index contributed by atoms with van der Waals surface area (Å²) in [7, 11) is 0. The predicted molar refractivity (Wildman–Crippen MR) is 78.2 cm³/mol. The predicted octanol–water partition coefficient (Wildman–Crippen LogP) is 2.98. The first kappa shape index (κ1) is 14.0. The zero-order chi connectivity index (χ0) is 14.9. The smallest absolute Gasteiger partial charge is 0.340 e. The number of carbonyl (C=O) groups is 1. The molecule has 0 bridgehead atoms. The van der Waals surface area contributed by atoms with Gasteiger partial charge in [0, 0.05) is 11.8 Å². The van der Waals surface area contributed by atoms with Crippen LogP contribution >= 0.6 is 0 Å². The fourth-order valence-corrected chi connectivity index (χ4v) is 2.25. The van der Waals surface area contributed by atoms with Crippen LogP contribution in [-0.4, -0.2) is 22.7 Å². The number of hydrogen-bond acceptors (Lipinski definition) is 3. The first-order valence-electron chi connectivity index (χ1n) is 6.40. The minimum absolute atomic E-state index is 0.108. The number of nitrogens with one attached hydrogen (secondary N) is 1. The number of ether oxygens (including phenoxy) is 1. The number of H-pyrrole nitrogens is 1. The van der Waals surface area contributed by atoms with Crippen molar-refractivity contribution in [1.82, 2.24) is 4.98 Å². The lowest BCUT2D eigenvalue weighted by Crippen LogP contribution is -2.02. The van der Waals surface area contributed by atoms with Crippen molar-refractivity contribution in [2.45, 2.75) is 20.8 Å². The number of carboxylic acids is 1. The molecule has 106 valence electrons. The van der Waals surface area contributed by atoms with Crippen LogP contribution in [0.2, 0.25) is 0 Å². The second-order valence-electron chi connectivity index (χ2n) is 4.66. The van der Waals surface area contributed by atoms with E-state index in [0.29, 0.717) is 12.3 Å². The van der Waals surface area contributed by atoms with E-state index in [2.05, 4.69) is 4.98 Å². The molecule has 2 aromatic rings. The van der Waals surface area contributed by atoms with Crippen LogP contribution in [-0.2, 0) is 0 Å². The van der Waals surface area contributed by atoms with Crippen LogP contribution in [0.25, 0.3) is 11.3 Å². The molecule has 0 radical (unpaired) electrons. The van der Waals surface area contributed by atoms with Crippen molar-refractivity contribution < 1.29 is 14.6 Å². The van der Waals surface area contributed by atoms with E-state index in [-0.39, 0.29) is 11.3 Å². The van der Waals surface area contributed by atoms with Gasteiger partial charge < -0.3 is 20.6 Å². The summed E-state index contributed by atoms with van der Waals surface area (Å²) in [5.74, 6) is -0.227. The molecule has 1 aromatic carbocycles. The van der Waals surface area contributed by atoms with Gasteiger partial charge in [0.2, 0.25) is 0 Å². The number of anilines is 1. The number of hydrogen-bond donors (Lipinski definition) is 3. The molecule has 0 amide bonds. The van der Waals surface area contributed by atoms with Crippen LogP contribution in [0, 0.1) is 13.8 Å². The van der Waals surface area contributed by atoms with Crippen LogP contribution in [0.5, 0.6) is 5.75 Å². The highest BCUT2D eigenvalue weighted by molar-refractivity contribution is 6.01. The van der Waals surface area contributed by atoms with Gasteiger partial charge in [-0.2, -0.15) is 0 Å². The van der Waals surface area contributed by atoms with E-state index in [1.807, 2.05) is 32.9 Å². The third-order valence-corrected chi connectivity index (χ3v) is 3.22. The molecule has 0 saturated carbocycles. The molecule has 0 atom stereocenters. The minimum Gasteiger partial charge on any atom is -0.494 e. The standard InChI is InChI=1S/C15H18N2O3/c1-4-20-12-6-8(2)10(5-9(12)3)14-13(15(18)19)11(16)7-17-14/h5-7,17H,4,16H2,1-3H3,(H,18,19). The first-order valence-corrected chi connectivity index (χ1v) is 6.40. The second-order valence-corrected chi connectivity index (χ2v) is 4.66. The van der Waals surface area contributed by atoms with Crippen molar-refractivity contribution in [1.29, 1.82) is 0 Å². The molecular formula is C15H18N2O3. The van der Waals surface area contributed by atoms with E-state index in [1.165, 1.54) is 6.20 Å². The Bertz CT molecular complexity index is 659. The van der Waals surface area contributed by atoms with Gasteiger partial charge in [0.1, 0.15) is 11.3 Å². The van der Waals surface area contributed by atoms with Crippen molar-refractivity contribution in [3.05, 3.63) is 35.0 Å². The van der Waals surface area contributed by atoms with Gasteiger partial charge in [-0.3, -0.25) is 0 Å². The summed E-state index contributed by atoms with van der Waals surface area (Å²) >= 11 is 0. The number of aromatic nitrogens is 1. The number of aryl methyl sites for hydroxylation is 2. The van der Waals surface area contributed by atoms with E-state index < -0.39 is 5.97 Å². The Kier molecular flexibility index (Phi) is 3.70. The molecular weight excluding hydrogens is 256 g/mol. The highest BCUT2D eigenvalue weighted by atomic mass is 16.5. The van der Waals surface area contributed by atoms with Crippen molar-refractivity contribution >= 4 is 11.7 Å². The highest BCUT2D eigenvalue weighted by Gasteiger charge is 2.19. The largest absolute Gasteiger partial charge is 0.494 e. The maximum Gasteiger partial charge on any atom is 0.340 e. The van der Waals surface area contributed by atoms with Gasteiger partial charge >= 0.3 is 5.97 Å². The van der Waals surface area contributed by atoms with Gasteiger partial charge in [0.25, 0.3) is 0 Å². The lowest BCUT2D eigenvalue weighted by atomic mass is 9.99. The average molecular weight is 274 g/mol. The SMILES string of the molecule is CCOc1cc(C)c(-c2[nH]cc(N)c2C(=O)O)cc1C. The molecule has 1 heterocycles. The lowest BCUT2D eigenvalue weighted by Gasteiger charge is -2.12. The maximum atomic E-state index is 11.3. The zero-order valence-electron chi connectivity index (χ0n) is 11.8. The van der Waals surface area contributed by atoms with Gasteiger partial charge in [-0.25, -0.2) is 4.79 Å². The fourth-order valence-electron chi connectivity index (χ4n) is 2.25. The van der Waals surface area contributed by atoms with Gasteiger partial charge in [-0.1, -0.05) is 0 Å². The van der Waals surface area contributed by atoms with Gasteiger partial charge in [0.15, 0.2) is 0 Å². The summed E-state index contributed by atoms with van der Waals surface area (Å²) in [6.45, 7) is 6.37. The number of benzene rings is 1. The van der Waals surface area contributed by atoms with Crippen molar-refractivity contribution in [3.63, 3.8) is 0 Å². The number of nitrogen functional groups attached to an aromatic ring is 1. The molecule has 20 heavy (non-hydrogen) atoms. The molecule has 0 saturated heterocycles. The Morgan fingerprint density at radius 3 is 2.65 bits per heavy atom. The van der Waals surface area contributed by atoms with Crippen molar-refractivity contribution in [2.24, 2.45) is 0 Å². The van der Waals surface area contributed by atoms with E-state index in [4.69, 9.17) is 10.5 Å². The van der Waals surface area contributed by atoms with Crippen LogP contribution in [0.4, 0.5) is 5.69 Å². The molecule has 0 fully saturated rings. The normalized spacial score (nSPS) is 10.6. The second kappa shape index (κ2) is 5.28. The molecule has 0 aliphatic heterocycles. The fraction of sp³-hybridized carbons (Fsp3) is 0.267. The third kappa shape index (κ3) is 2.34. The van der Waals surface area contributed by atoms with Crippen LogP contribution in [0.15, 0.2) is 18.3 Å². The number of aromatic carboxylic acids is 1. The monoisotopic (exact) mass is 274 g/mol. The Balaban J connectivity index is 2.59. The third-order valence-electron chi connectivity index (χ3n) is 3.22. The summed E-state index contributed by atoms with van der Waals surface area (Å²) in [6, 6.07) is 3.83. The number of nitrogens with two attached hydrogens (primary N) is 1. The summed E-state index contributed by atoms with van der Waals surface area (Å²) in [6.07, 6.45) is 1.50. The maximum absolute atomic E-state index is 11.3. The zero-order valence-corrected chi connectivity index (χ0v) is 11.8. The Morgan fingerprint density at radius 1 is 1.35 bits per heavy atom. The van der Waals surface area contributed by atoms with Crippen LogP contribution in [0.1, 0.15) is 28.4 Å². The van der Waals surface area contributed by atoms with Crippen LogP contribution in [0.3, 0.4) is 0 Å². The lowest BCUT2D eigenvalue weighted by molar-refractivity contribution is 0.0699. The summed E-state index contributed by atoms with van der Waals surface area (Å²) in [4.78, 5) is 14.3. The minimum atomic E-state index is -1.04. The quantitative estimate of drug-likeness (QED) is 0.799. The van der Waals surface area contributed by atoms with Crippen molar-refractivity contribution in [3.8, 4) is 17.0 Å². The number of carboxylic acid groups (broad SMARTS) is 1. The molecule has 0 unspecified atom stereocenters. The summed E-state index contributed by atoms with van der Waals surface area (Å²) < 4.78 is 5.54. The van der Waals surface area contributed by atoms with E-state index >= 15 is 0 Å². The molecule has 0 spiro atoms. The molecule has 5 heteroatoms. The topological polar surface area (TPSA) is 88.3 Å². The Hall–Kier alpha value is -2.43. The molecule has 4 N–H and O–H groups in total. The molecule has 0 aliphatic carbocycles. The van der Waals surface area contributed by atoms with Gasteiger partial charge in [-0.15, -0.1) is 0 Å². The first-order chi connectivity index (χ1) is 9.45. The Labute approximate surface area is 117 Å². The number of rotatable bonds is 4. The molecule has 5 nitrogen and oxygen atoms in total. The summed E-state index contributed by atoms with van der Waals surface area (Å²) in [5, 5.41) is 9.27. The Morgan fingerprint density at radius 2 is 2.05 bits per heavy atom. The molecule has 2 rings (SSSR count). The number of aromatic amines is 1. The van der Waals surface area contributed by atoms with E-state index in [1.54, 1.807) is 0 Å².